The first-order valence-electron chi connectivity index (χ1n) is 12.9. The molecule has 2 N–H and O–H groups in total. The first kappa shape index (κ1) is 25.8. The predicted molar refractivity (Wildman–Crippen MR) is 130 cm³/mol. The van der Waals surface area contributed by atoms with Crippen molar-refractivity contribution in [1.82, 2.24) is 5.32 Å². The van der Waals surface area contributed by atoms with Crippen LogP contribution >= 0.6 is 0 Å². The first-order valence-corrected chi connectivity index (χ1v) is 12.9. The molecular weight excluding hydrogens is 484 g/mol. The number of ketones is 1. The van der Waals surface area contributed by atoms with Crippen LogP contribution in [0.4, 0.5) is 8.78 Å². The fraction of sp³-hybridized carbons (Fsp3) is 0.500. The number of fused-ring (bicyclic) bond motifs is 1. The van der Waals surface area contributed by atoms with Crippen LogP contribution in [0.25, 0.3) is 0 Å². The summed E-state index contributed by atoms with van der Waals surface area (Å²) in [5.74, 6) is -1.77. The minimum Gasteiger partial charge on any atom is -0.493 e. The van der Waals surface area contributed by atoms with Crippen molar-refractivity contribution in [3.63, 3.8) is 0 Å². The zero-order valence-electron chi connectivity index (χ0n) is 20.6. The number of carbonyl (C=O) groups is 2. The molecule has 2 aromatic carbocycles. The van der Waals surface area contributed by atoms with Crippen molar-refractivity contribution < 1.29 is 37.7 Å². The van der Waals surface area contributed by atoms with E-state index in [0.717, 1.165) is 12.8 Å². The van der Waals surface area contributed by atoms with Gasteiger partial charge in [-0.05, 0) is 55.0 Å². The SMILES string of the molecule is O=C(CC[C@@H]1CCCO1)c1ccc(Cc2cc(C(=O)N[C@H]3CCOC[C@@H]3O)c(F)c3c2OCC3)cc1F. The summed E-state index contributed by atoms with van der Waals surface area (Å²) in [5.41, 5.74) is 1.35. The summed E-state index contributed by atoms with van der Waals surface area (Å²) in [7, 11) is 0. The predicted octanol–water partition coefficient (Wildman–Crippen LogP) is 3.51. The molecule has 198 valence electrons. The van der Waals surface area contributed by atoms with E-state index >= 15 is 4.39 Å². The topological polar surface area (TPSA) is 94.1 Å². The molecule has 2 aromatic rings. The summed E-state index contributed by atoms with van der Waals surface area (Å²) < 4.78 is 46.6. The zero-order chi connectivity index (χ0) is 25.9. The maximum Gasteiger partial charge on any atom is 0.254 e. The third kappa shape index (κ3) is 5.68. The molecule has 0 bridgehead atoms. The fourth-order valence-corrected chi connectivity index (χ4v) is 5.26. The largest absolute Gasteiger partial charge is 0.493 e. The highest BCUT2D eigenvalue weighted by Crippen LogP contribution is 2.35. The number of carbonyl (C=O) groups excluding carboxylic acids is 2. The highest BCUT2D eigenvalue weighted by atomic mass is 19.1. The van der Waals surface area contributed by atoms with Crippen LogP contribution in [0.1, 0.15) is 69.5 Å². The number of nitrogens with one attached hydrogen (secondary N) is 1. The number of aliphatic hydroxyl groups excluding tert-OH is 1. The van der Waals surface area contributed by atoms with Gasteiger partial charge in [0.1, 0.15) is 17.4 Å². The molecule has 0 saturated carbocycles. The number of aliphatic hydroxyl groups is 1. The summed E-state index contributed by atoms with van der Waals surface area (Å²) in [4.78, 5) is 25.5. The molecule has 9 heteroatoms. The van der Waals surface area contributed by atoms with Crippen LogP contribution in [-0.4, -0.2) is 61.5 Å². The van der Waals surface area contributed by atoms with Crippen molar-refractivity contribution in [1.29, 1.82) is 0 Å². The van der Waals surface area contributed by atoms with Gasteiger partial charge in [0.2, 0.25) is 0 Å². The Balaban J connectivity index is 1.33. The van der Waals surface area contributed by atoms with Crippen molar-refractivity contribution in [2.45, 2.75) is 63.2 Å². The molecule has 3 aliphatic heterocycles. The number of ether oxygens (including phenoxy) is 3. The third-order valence-corrected chi connectivity index (χ3v) is 7.32. The van der Waals surface area contributed by atoms with Crippen LogP contribution in [0, 0.1) is 11.6 Å². The number of halogens is 2. The van der Waals surface area contributed by atoms with E-state index in [2.05, 4.69) is 5.32 Å². The summed E-state index contributed by atoms with van der Waals surface area (Å²) in [6, 6.07) is 5.35. The molecule has 7 nitrogen and oxygen atoms in total. The van der Waals surface area contributed by atoms with Gasteiger partial charge in [-0.2, -0.15) is 0 Å². The van der Waals surface area contributed by atoms with Gasteiger partial charge >= 0.3 is 0 Å². The third-order valence-electron chi connectivity index (χ3n) is 7.32. The van der Waals surface area contributed by atoms with Crippen LogP contribution < -0.4 is 10.1 Å². The Kier molecular flexibility index (Phi) is 7.83. The smallest absolute Gasteiger partial charge is 0.254 e. The monoisotopic (exact) mass is 515 g/mol. The van der Waals surface area contributed by atoms with Gasteiger partial charge in [0.15, 0.2) is 5.78 Å². The molecule has 37 heavy (non-hydrogen) atoms. The van der Waals surface area contributed by atoms with Gasteiger partial charge in [-0.25, -0.2) is 8.78 Å². The first-order chi connectivity index (χ1) is 17.9. The van der Waals surface area contributed by atoms with Crippen LogP contribution in [-0.2, 0) is 22.3 Å². The van der Waals surface area contributed by atoms with Gasteiger partial charge in [0, 0.05) is 38.0 Å². The average Bonchev–Trinajstić information content (AvgIpc) is 3.58. The lowest BCUT2D eigenvalue weighted by molar-refractivity contribution is -0.0261. The molecule has 3 aliphatic rings. The summed E-state index contributed by atoms with van der Waals surface area (Å²) >= 11 is 0. The van der Waals surface area contributed by atoms with Gasteiger partial charge < -0.3 is 24.6 Å². The summed E-state index contributed by atoms with van der Waals surface area (Å²) in [6.07, 6.45) is 2.85. The molecule has 2 fully saturated rings. The number of hydrogen-bond acceptors (Lipinski definition) is 6. The molecule has 1 amide bonds. The second kappa shape index (κ2) is 11.2. The molecule has 5 rings (SSSR count). The van der Waals surface area contributed by atoms with Gasteiger partial charge in [-0.1, -0.05) is 6.07 Å². The minimum atomic E-state index is -0.868. The molecule has 0 aromatic heterocycles. The van der Waals surface area contributed by atoms with E-state index in [4.69, 9.17) is 14.2 Å². The zero-order valence-corrected chi connectivity index (χ0v) is 20.6. The Morgan fingerprint density at radius 1 is 1.08 bits per heavy atom. The standard InChI is InChI=1S/C28H31F2NO6/c29-22-13-16(3-5-19(22)24(32)6-4-18-2-1-9-36-18)12-17-14-21(26(30)20-7-11-37-27(17)20)28(34)31-23-8-10-35-15-25(23)33/h3,5,13-14,18,23,25,33H,1-2,4,6-12,15H2,(H,31,34)/t18-,23-,25-/m0/s1. The Hall–Kier alpha value is -2.88. The van der Waals surface area contributed by atoms with Gasteiger partial charge in [-0.3, -0.25) is 9.59 Å². The van der Waals surface area contributed by atoms with Crippen molar-refractivity contribution in [2.24, 2.45) is 0 Å². The normalized spacial score (nSPS) is 22.9. The van der Waals surface area contributed by atoms with Crippen LogP contribution in [0.15, 0.2) is 24.3 Å². The molecule has 2 saturated heterocycles. The van der Waals surface area contributed by atoms with E-state index < -0.39 is 29.7 Å². The van der Waals surface area contributed by atoms with Crippen LogP contribution in [0.3, 0.4) is 0 Å². The van der Waals surface area contributed by atoms with Crippen molar-refractivity contribution in [3.05, 3.63) is 63.7 Å². The molecule has 0 unspecified atom stereocenters. The van der Waals surface area contributed by atoms with E-state index in [-0.39, 0.29) is 49.1 Å². The number of hydrogen-bond donors (Lipinski definition) is 2. The second-order valence-corrected chi connectivity index (χ2v) is 9.90. The van der Waals surface area contributed by atoms with E-state index in [0.29, 0.717) is 54.9 Å². The molecule has 0 radical (unpaired) electrons. The minimum absolute atomic E-state index is 0.0393. The Labute approximate surface area is 214 Å². The Morgan fingerprint density at radius 3 is 2.70 bits per heavy atom. The fourth-order valence-electron chi connectivity index (χ4n) is 5.26. The second-order valence-electron chi connectivity index (χ2n) is 9.90. The number of amides is 1. The van der Waals surface area contributed by atoms with E-state index in [9.17, 15) is 19.1 Å². The molecule has 0 spiro atoms. The lowest BCUT2D eigenvalue weighted by atomic mass is 9.95. The lowest BCUT2D eigenvalue weighted by Gasteiger charge is -2.28. The number of Topliss-reactive ketones (excluding diaryl/α,β-unsaturated/α-hetero) is 1. The molecule has 3 heterocycles. The van der Waals surface area contributed by atoms with Gasteiger partial charge in [0.05, 0.1) is 42.6 Å². The average molecular weight is 516 g/mol. The van der Waals surface area contributed by atoms with E-state index in [1.54, 1.807) is 6.07 Å². The molecule has 3 atom stereocenters. The highest BCUT2D eigenvalue weighted by Gasteiger charge is 2.30. The van der Waals surface area contributed by atoms with E-state index in [1.807, 2.05) is 0 Å². The summed E-state index contributed by atoms with van der Waals surface area (Å²) in [6.45, 7) is 1.50. The molecular formula is C28H31F2NO6. The number of benzene rings is 2. The summed E-state index contributed by atoms with van der Waals surface area (Å²) in [5, 5.41) is 12.8. The maximum absolute atomic E-state index is 15.3. The lowest BCUT2D eigenvalue weighted by Crippen LogP contribution is -2.48. The van der Waals surface area contributed by atoms with Crippen LogP contribution in [0.2, 0.25) is 0 Å². The quantitative estimate of drug-likeness (QED) is 0.523. The molecule has 0 aliphatic carbocycles. The Bertz CT molecular complexity index is 1180. The van der Waals surface area contributed by atoms with Crippen LogP contribution in [0.5, 0.6) is 5.75 Å². The van der Waals surface area contributed by atoms with Crippen molar-refractivity contribution in [2.75, 3.05) is 26.4 Å². The van der Waals surface area contributed by atoms with Crippen molar-refractivity contribution in [3.8, 4) is 5.75 Å². The number of rotatable bonds is 8. The highest BCUT2D eigenvalue weighted by molar-refractivity contribution is 5.96. The van der Waals surface area contributed by atoms with Gasteiger partial charge in [-0.15, -0.1) is 0 Å². The Morgan fingerprint density at radius 2 is 1.95 bits per heavy atom. The van der Waals surface area contributed by atoms with Gasteiger partial charge in [0.25, 0.3) is 5.91 Å². The van der Waals surface area contributed by atoms with E-state index in [1.165, 1.54) is 18.2 Å². The maximum atomic E-state index is 15.3. The van der Waals surface area contributed by atoms with Crippen molar-refractivity contribution >= 4 is 11.7 Å².